The third-order valence-electron chi connectivity index (χ3n) is 4.27. The lowest BCUT2D eigenvalue weighted by molar-refractivity contribution is -0.0694. The summed E-state index contributed by atoms with van der Waals surface area (Å²) in [4.78, 5) is 0. The van der Waals surface area contributed by atoms with E-state index in [0.29, 0.717) is 11.5 Å². The Hall–Kier alpha value is -0.0800. The van der Waals surface area contributed by atoms with E-state index in [4.69, 9.17) is 4.74 Å². The maximum atomic E-state index is 5.93. The fourth-order valence-electron chi connectivity index (χ4n) is 3.09. The molecule has 1 N–H and O–H groups in total. The lowest BCUT2D eigenvalue weighted by atomic mass is 9.75. The van der Waals surface area contributed by atoms with E-state index in [0.717, 1.165) is 0 Å². The van der Waals surface area contributed by atoms with Crippen LogP contribution in [0.15, 0.2) is 0 Å². The molecule has 102 valence electrons. The molecular formula is C15H31NO. The highest BCUT2D eigenvalue weighted by Gasteiger charge is 2.39. The van der Waals surface area contributed by atoms with Crippen LogP contribution in [0.5, 0.6) is 0 Å². The zero-order chi connectivity index (χ0) is 12.9. The van der Waals surface area contributed by atoms with Gasteiger partial charge in [0.25, 0.3) is 0 Å². The second kappa shape index (κ2) is 6.19. The minimum atomic E-state index is 0.0955. The van der Waals surface area contributed by atoms with Gasteiger partial charge in [0.1, 0.15) is 0 Å². The van der Waals surface area contributed by atoms with Gasteiger partial charge in [0.05, 0.1) is 5.60 Å². The maximum Gasteiger partial charge on any atom is 0.0830 e. The second-order valence-electron chi connectivity index (χ2n) is 6.77. The molecule has 0 spiro atoms. The van der Waals surface area contributed by atoms with E-state index >= 15 is 0 Å². The van der Waals surface area contributed by atoms with Crippen molar-refractivity contribution < 1.29 is 4.74 Å². The zero-order valence-electron chi connectivity index (χ0n) is 12.4. The summed E-state index contributed by atoms with van der Waals surface area (Å²) >= 11 is 0. The first-order valence-corrected chi connectivity index (χ1v) is 7.16. The number of hydrogen-bond acceptors (Lipinski definition) is 2. The van der Waals surface area contributed by atoms with Gasteiger partial charge >= 0.3 is 0 Å². The fourth-order valence-corrected chi connectivity index (χ4v) is 3.09. The summed E-state index contributed by atoms with van der Waals surface area (Å²) in [6.45, 7) is 6.96. The van der Waals surface area contributed by atoms with Gasteiger partial charge in [-0.2, -0.15) is 0 Å². The fraction of sp³-hybridized carbons (Fsp3) is 1.00. The molecule has 0 amide bonds. The van der Waals surface area contributed by atoms with Crippen LogP contribution in [-0.2, 0) is 4.74 Å². The molecule has 17 heavy (non-hydrogen) atoms. The molecular weight excluding hydrogens is 210 g/mol. The first kappa shape index (κ1) is 15.0. The summed E-state index contributed by atoms with van der Waals surface area (Å²) in [5.41, 5.74) is 0.511. The Bertz CT molecular complexity index is 213. The van der Waals surface area contributed by atoms with Crippen molar-refractivity contribution in [2.24, 2.45) is 5.41 Å². The van der Waals surface area contributed by atoms with Gasteiger partial charge in [-0.15, -0.1) is 0 Å². The molecule has 1 rings (SSSR count). The van der Waals surface area contributed by atoms with Gasteiger partial charge in [-0.3, -0.25) is 0 Å². The first-order chi connectivity index (χ1) is 7.93. The summed E-state index contributed by atoms with van der Waals surface area (Å²) in [6.07, 6.45) is 8.93. The monoisotopic (exact) mass is 241 g/mol. The van der Waals surface area contributed by atoms with E-state index in [9.17, 15) is 0 Å². The minimum absolute atomic E-state index is 0.0955. The molecule has 2 nitrogen and oxygen atoms in total. The molecule has 0 aromatic carbocycles. The van der Waals surface area contributed by atoms with Crippen molar-refractivity contribution >= 4 is 0 Å². The van der Waals surface area contributed by atoms with Crippen LogP contribution in [0.25, 0.3) is 0 Å². The average Bonchev–Trinajstić information content (AvgIpc) is 2.29. The summed E-state index contributed by atoms with van der Waals surface area (Å²) in [6, 6.07) is 0.507. The highest BCUT2D eigenvalue weighted by Crippen LogP contribution is 2.36. The van der Waals surface area contributed by atoms with Crippen molar-refractivity contribution in [3.8, 4) is 0 Å². The van der Waals surface area contributed by atoms with Crippen LogP contribution in [0.4, 0.5) is 0 Å². The molecule has 1 aliphatic rings. The lowest BCUT2D eigenvalue weighted by Gasteiger charge is -2.43. The van der Waals surface area contributed by atoms with E-state index in [-0.39, 0.29) is 5.60 Å². The average molecular weight is 241 g/mol. The van der Waals surface area contributed by atoms with Gasteiger partial charge in [0.2, 0.25) is 0 Å². The van der Waals surface area contributed by atoms with Gasteiger partial charge in [-0.25, -0.2) is 0 Å². The van der Waals surface area contributed by atoms with Crippen molar-refractivity contribution in [2.45, 2.75) is 77.4 Å². The molecule has 1 fully saturated rings. The molecule has 1 aliphatic carbocycles. The lowest BCUT2D eigenvalue weighted by Crippen LogP contribution is -2.52. The standard InChI is InChI=1S/C15H31NO/c1-14(2,3)12-9-13(16-4)15(17-5)10-7-6-8-11-15/h13,16H,6-12H2,1-5H3. The van der Waals surface area contributed by atoms with Gasteiger partial charge < -0.3 is 10.1 Å². The molecule has 0 aromatic heterocycles. The molecule has 0 aromatic rings. The SMILES string of the molecule is CNC(CCC(C)(C)C)C1(OC)CCCCC1. The van der Waals surface area contributed by atoms with Crippen LogP contribution < -0.4 is 5.32 Å². The number of likely N-dealkylation sites (N-methyl/N-ethyl adjacent to an activating group) is 1. The smallest absolute Gasteiger partial charge is 0.0830 e. The topological polar surface area (TPSA) is 21.3 Å². The van der Waals surface area contributed by atoms with E-state index in [1.807, 2.05) is 7.11 Å². The van der Waals surface area contributed by atoms with Crippen LogP contribution in [0, 0.1) is 5.41 Å². The van der Waals surface area contributed by atoms with Crippen molar-refractivity contribution in [1.82, 2.24) is 5.32 Å². The third kappa shape index (κ3) is 4.26. The highest BCUT2D eigenvalue weighted by atomic mass is 16.5. The van der Waals surface area contributed by atoms with Crippen LogP contribution in [0.1, 0.15) is 65.7 Å². The Labute approximate surface area is 108 Å². The molecule has 1 saturated carbocycles. The molecule has 2 heteroatoms. The Kier molecular flexibility index (Phi) is 5.46. The van der Waals surface area contributed by atoms with E-state index in [1.54, 1.807) is 0 Å². The van der Waals surface area contributed by atoms with Gasteiger partial charge in [-0.1, -0.05) is 40.0 Å². The molecule has 0 bridgehead atoms. The van der Waals surface area contributed by atoms with Crippen molar-refractivity contribution in [2.75, 3.05) is 14.2 Å². The summed E-state index contributed by atoms with van der Waals surface area (Å²) in [5, 5.41) is 3.51. The number of nitrogens with one attached hydrogen (secondary N) is 1. The Morgan fingerprint density at radius 1 is 1.18 bits per heavy atom. The van der Waals surface area contributed by atoms with Crippen LogP contribution in [0.3, 0.4) is 0 Å². The van der Waals surface area contributed by atoms with Gasteiger partial charge in [0, 0.05) is 13.2 Å². The van der Waals surface area contributed by atoms with Crippen molar-refractivity contribution in [3.63, 3.8) is 0 Å². The Morgan fingerprint density at radius 3 is 2.18 bits per heavy atom. The molecule has 1 atom stereocenters. The predicted molar refractivity (Wildman–Crippen MR) is 74.4 cm³/mol. The van der Waals surface area contributed by atoms with Crippen LogP contribution in [-0.4, -0.2) is 25.8 Å². The van der Waals surface area contributed by atoms with E-state index in [1.165, 1.54) is 44.9 Å². The van der Waals surface area contributed by atoms with Crippen molar-refractivity contribution in [1.29, 1.82) is 0 Å². The van der Waals surface area contributed by atoms with Crippen LogP contribution >= 0.6 is 0 Å². The van der Waals surface area contributed by atoms with Gasteiger partial charge in [0.15, 0.2) is 0 Å². The van der Waals surface area contributed by atoms with Gasteiger partial charge in [-0.05, 0) is 38.1 Å². The largest absolute Gasteiger partial charge is 0.377 e. The highest BCUT2D eigenvalue weighted by molar-refractivity contribution is 4.95. The normalized spacial score (nSPS) is 22.4. The number of rotatable bonds is 5. The molecule has 0 saturated heterocycles. The van der Waals surface area contributed by atoms with Crippen molar-refractivity contribution in [3.05, 3.63) is 0 Å². The summed E-state index contributed by atoms with van der Waals surface area (Å²) in [5.74, 6) is 0. The Morgan fingerprint density at radius 2 is 1.76 bits per heavy atom. The summed E-state index contributed by atoms with van der Waals surface area (Å²) in [7, 11) is 3.98. The van der Waals surface area contributed by atoms with E-state index < -0.39 is 0 Å². The number of methoxy groups -OCH3 is 1. The molecule has 0 heterocycles. The zero-order valence-corrected chi connectivity index (χ0v) is 12.4. The number of hydrogen-bond donors (Lipinski definition) is 1. The minimum Gasteiger partial charge on any atom is -0.377 e. The first-order valence-electron chi connectivity index (χ1n) is 7.16. The Balaban J connectivity index is 2.62. The van der Waals surface area contributed by atoms with E-state index in [2.05, 4.69) is 33.1 Å². The number of ether oxygens (including phenoxy) is 1. The molecule has 1 unspecified atom stereocenters. The molecule has 0 aliphatic heterocycles. The van der Waals surface area contributed by atoms with Crippen LogP contribution in [0.2, 0.25) is 0 Å². The summed E-state index contributed by atoms with van der Waals surface area (Å²) < 4.78 is 5.93. The predicted octanol–water partition coefficient (Wildman–Crippen LogP) is 3.75. The molecule has 0 radical (unpaired) electrons. The quantitative estimate of drug-likeness (QED) is 0.791. The maximum absolute atomic E-state index is 5.93. The third-order valence-corrected chi connectivity index (χ3v) is 4.27. The second-order valence-corrected chi connectivity index (χ2v) is 6.77.